The third-order valence-electron chi connectivity index (χ3n) is 5.42. The largest absolute Gasteiger partial charge is 0.356 e. The predicted molar refractivity (Wildman–Crippen MR) is 144 cm³/mol. The van der Waals surface area contributed by atoms with Crippen LogP contribution in [0.4, 0.5) is 0 Å². The molecule has 0 radical (unpaired) electrons. The predicted octanol–water partition coefficient (Wildman–Crippen LogP) is 3.92. The quantitative estimate of drug-likeness (QED) is 0.156. The molecule has 4 rings (SSSR count). The van der Waals surface area contributed by atoms with Crippen LogP contribution >= 0.6 is 24.0 Å². The molecule has 0 unspecified atom stereocenters. The Balaban J connectivity index is 0.00000306. The monoisotopic (exact) mass is 558 g/mol. The fourth-order valence-electron chi connectivity index (χ4n) is 3.84. The van der Waals surface area contributed by atoms with Gasteiger partial charge in [0.2, 0.25) is 0 Å². The van der Waals surface area contributed by atoms with Gasteiger partial charge < -0.3 is 15.2 Å². The summed E-state index contributed by atoms with van der Waals surface area (Å²) in [7, 11) is 1.78. The lowest BCUT2D eigenvalue weighted by atomic mass is 10.3. The normalized spacial score (nSPS) is 11.5. The molecule has 0 aliphatic carbocycles. The first-order valence-corrected chi connectivity index (χ1v) is 10.9. The lowest BCUT2D eigenvalue weighted by molar-refractivity contribution is 0.624. The molecule has 9 heteroatoms. The lowest BCUT2D eigenvalue weighted by Gasteiger charge is -2.13. The van der Waals surface area contributed by atoms with Crippen LogP contribution in [0.2, 0.25) is 0 Å². The van der Waals surface area contributed by atoms with E-state index in [0.717, 1.165) is 59.6 Å². The van der Waals surface area contributed by atoms with E-state index in [0.29, 0.717) is 6.54 Å². The first-order valence-electron chi connectivity index (χ1n) is 10.9. The lowest BCUT2D eigenvalue weighted by Crippen LogP contribution is -2.37. The second-order valence-electron chi connectivity index (χ2n) is 7.87. The van der Waals surface area contributed by atoms with Crippen LogP contribution in [0.3, 0.4) is 0 Å². The van der Waals surface area contributed by atoms with Crippen LogP contribution in [-0.2, 0) is 13.1 Å². The van der Waals surface area contributed by atoms with Gasteiger partial charge in [-0.15, -0.1) is 24.0 Å². The zero-order chi connectivity index (χ0) is 22.5. The van der Waals surface area contributed by atoms with Gasteiger partial charge in [0.1, 0.15) is 5.82 Å². The number of halogens is 1. The van der Waals surface area contributed by atoms with E-state index in [9.17, 15) is 0 Å². The molecule has 0 saturated carbocycles. The van der Waals surface area contributed by atoms with E-state index in [2.05, 4.69) is 66.4 Å². The number of pyridine rings is 1. The topological polar surface area (TPSA) is 85.0 Å². The number of nitrogens with zero attached hydrogens (tertiary/aromatic N) is 6. The van der Waals surface area contributed by atoms with Crippen LogP contribution in [-0.4, -0.2) is 43.9 Å². The number of aryl methyl sites for hydroxylation is 4. The van der Waals surface area contributed by atoms with Crippen molar-refractivity contribution in [1.82, 2.24) is 34.9 Å². The van der Waals surface area contributed by atoms with Gasteiger partial charge in [0.15, 0.2) is 11.8 Å². The number of nitrogens with one attached hydrogen (secondary N) is 2. The summed E-state index contributed by atoms with van der Waals surface area (Å²) >= 11 is 0. The number of hydrogen-bond acceptors (Lipinski definition) is 4. The van der Waals surface area contributed by atoms with Crippen molar-refractivity contribution in [3.8, 4) is 5.82 Å². The van der Waals surface area contributed by atoms with Crippen LogP contribution in [0, 0.1) is 20.8 Å². The third kappa shape index (κ3) is 5.89. The van der Waals surface area contributed by atoms with Gasteiger partial charge in [-0.05, 0) is 57.0 Å². The molecule has 4 aromatic rings. The summed E-state index contributed by atoms with van der Waals surface area (Å²) in [4.78, 5) is 13.5. The smallest absolute Gasteiger partial charge is 0.191 e. The van der Waals surface area contributed by atoms with Gasteiger partial charge in [0.05, 0.1) is 16.7 Å². The van der Waals surface area contributed by atoms with Crippen LogP contribution in [0.15, 0.2) is 53.7 Å². The number of hydrogen-bond donors (Lipinski definition) is 2. The molecule has 33 heavy (non-hydrogen) atoms. The van der Waals surface area contributed by atoms with Crippen molar-refractivity contribution in [2.45, 2.75) is 40.3 Å². The molecule has 0 spiro atoms. The summed E-state index contributed by atoms with van der Waals surface area (Å²) in [5.74, 6) is 2.65. The maximum absolute atomic E-state index is 4.63. The molecule has 174 valence electrons. The van der Waals surface area contributed by atoms with E-state index in [1.54, 1.807) is 7.05 Å². The van der Waals surface area contributed by atoms with Gasteiger partial charge in [-0.2, -0.15) is 5.10 Å². The van der Waals surface area contributed by atoms with E-state index in [1.165, 1.54) is 5.52 Å². The Morgan fingerprint density at radius 3 is 2.58 bits per heavy atom. The van der Waals surface area contributed by atoms with Crippen molar-refractivity contribution in [3.05, 3.63) is 71.4 Å². The molecular formula is C24H31IN8. The number of rotatable bonds is 7. The summed E-state index contributed by atoms with van der Waals surface area (Å²) in [5.41, 5.74) is 5.38. The molecule has 1 aromatic carbocycles. The van der Waals surface area contributed by atoms with Gasteiger partial charge in [-0.3, -0.25) is 4.99 Å². The zero-order valence-corrected chi connectivity index (χ0v) is 21.9. The summed E-state index contributed by atoms with van der Waals surface area (Å²) < 4.78 is 4.13. The Bertz CT molecular complexity index is 1220. The zero-order valence-electron chi connectivity index (χ0n) is 19.5. The maximum Gasteiger partial charge on any atom is 0.191 e. The molecule has 0 aliphatic heterocycles. The number of benzene rings is 1. The average Bonchev–Trinajstić information content (AvgIpc) is 3.31. The highest BCUT2D eigenvalue weighted by Crippen LogP contribution is 2.15. The number of para-hydroxylation sites is 2. The number of fused-ring (bicyclic) bond motifs is 1. The highest BCUT2D eigenvalue weighted by atomic mass is 127. The minimum absolute atomic E-state index is 0. The van der Waals surface area contributed by atoms with Crippen molar-refractivity contribution < 1.29 is 0 Å². The molecule has 0 saturated heterocycles. The Kier molecular flexibility index (Phi) is 8.43. The van der Waals surface area contributed by atoms with Gasteiger partial charge >= 0.3 is 0 Å². The van der Waals surface area contributed by atoms with Crippen LogP contribution in [0.5, 0.6) is 0 Å². The molecule has 3 aromatic heterocycles. The van der Waals surface area contributed by atoms with Crippen molar-refractivity contribution >= 4 is 41.0 Å². The third-order valence-corrected chi connectivity index (χ3v) is 5.42. The molecule has 0 fully saturated rings. The molecule has 0 atom stereocenters. The van der Waals surface area contributed by atoms with Crippen LogP contribution < -0.4 is 10.6 Å². The van der Waals surface area contributed by atoms with Crippen molar-refractivity contribution in [1.29, 1.82) is 0 Å². The molecule has 0 amide bonds. The molecule has 3 heterocycles. The molecular weight excluding hydrogens is 527 g/mol. The average molecular weight is 558 g/mol. The van der Waals surface area contributed by atoms with Gasteiger partial charge in [0, 0.05) is 38.6 Å². The summed E-state index contributed by atoms with van der Waals surface area (Å²) in [6, 6.07) is 14.4. The summed E-state index contributed by atoms with van der Waals surface area (Å²) in [5, 5.41) is 11.2. The highest BCUT2D eigenvalue weighted by molar-refractivity contribution is 14.0. The molecule has 0 bridgehead atoms. The molecule has 0 aliphatic rings. The van der Waals surface area contributed by atoms with Crippen molar-refractivity contribution in [3.63, 3.8) is 0 Å². The van der Waals surface area contributed by atoms with E-state index >= 15 is 0 Å². The van der Waals surface area contributed by atoms with Crippen LogP contribution in [0.1, 0.15) is 29.2 Å². The first kappa shape index (κ1) is 24.7. The first-order chi connectivity index (χ1) is 15.5. The number of guanidine groups is 1. The SMILES string of the molecule is CN=C(NCCCn1c(C)nc2ccccc21)NCc1ccc(-n2nc(C)cc2C)nc1.I. The van der Waals surface area contributed by atoms with Gasteiger partial charge in [-0.1, -0.05) is 18.2 Å². The fourth-order valence-corrected chi connectivity index (χ4v) is 3.84. The maximum atomic E-state index is 4.63. The number of aromatic nitrogens is 5. The minimum atomic E-state index is 0. The number of aliphatic imine (C=N–C) groups is 1. The Labute approximate surface area is 211 Å². The Hall–Kier alpha value is -2.95. The van der Waals surface area contributed by atoms with Crippen molar-refractivity contribution in [2.24, 2.45) is 4.99 Å². The van der Waals surface area contributed by atoms with Crippen molar-refractivity contribution in [2.75, 3.05) is 13.6 Å². The van der Waals surface area contributed by atoms with E-state index < -0.39 is 0 Å². The summed E-state index contributed by atoms with van der Waals surface area (Å²) in [6.45, 7) is 8.45. The van der Waals surface area contributed by atoms with Crippen LogP contribution in [0.25, 0.3) is 16.9 Å². The molecule has 2 N–H and O–H groups in total. The van der Waals surface area contributed by atoms with Gasteiger partial charge in [-0.25, -0.2) is 14.6 Å². The fraction of sp³-hybridized carbons (Fsp3) is 0.333. The Morgan fingerprint density at radius 2 is 1.88 bits per heavy atom. The van der Waals surface area contributed by atoms with E-state index in [4.69, 9.17) is 0 Å². The highest BCUT2D eigenvalue weighted by Gasteiger charge is 2.07. The minimum Gasteiger partial charge on any atom is -0.356 e. The summed E-state index contributed by atoms with van der Waals surface area (Å²) in [6.07, 6.45) is 2.85. The standard InChI is InChI=1S/C24H30N8.HI/c1-17-14-18(2)32(30-17)23-11-10-20(15-27-23)16-28-24(25-4)26-12-7-13-31-19(3)29-21-8-5-6-9-22(21)31;/h5-6,8-11,14-15H,7,12-13,16H2,1-4H3,(H2,25,26,28);1H. The second-order valence-corrected chi connectivity index (χ2v) is 7.87. The van der Waals surface area contributed by atoms with Gasteiger partial charge in [0.25, 0.3) is 0 Å². The Morgan fingerprint density at radius 1 is 1.06 bits per heavy atom. The second kappa shape index (κ2) is 11.3. The molecule has 8 nitrogen and oxygen atoms in total. The number of imidazole rings is 1. The van der Waals surface area contributed by atoms with E-state index in [-0.39, 0.29) is 24.0 Å². The van der Waals surface area contributed by atoms with E-state index in [1.807, 2.05) is 42.9 Å².